The molecule has 0 fully saturated rings. The maximum Gasteiger partial charge on any atom is 0.259 e. The van der Waals surface area contributed by atoms with E-state index in [-0.39, 0.29) is 22.9 Å². The number of hydrogen-bond donors (Lipinski definition) is 3. The Morgan fingerprint density at radius 2 is 1.76 bits per heavy atom. The van der Waals surface area contributed by atoms with Crippen LogP contribution in [0.5, 0.6) is 11.5 Å². The van der Waals surface area contributed by atoms with Crippen molar-refractivity contribution < 1.29 is 19.4 Å². The van der Waals surface area contributed by atoms with Gasteiger partial charge in [-0.05, 0) is 60.7 Å². The zero-order valence-electron chi connectivity index (χ0n) is 20.9. The lowest BCUT2D eigenvalue weighted by Crippen LogP contribution is -2.23. The zero-order valence-corrected chi connectivity index (χ0v) is 20.9. The molecule has 0 saturated carbocycles. The molecular formula is C29H28N4O4. The second-order valence-corrected chi connectivity index (χ2v) is 8.51. The number of ether oxygens (including phenoxy) is 1. The van der Waals surface area contributed by atoms with Crippen LogP contribution in [0.2, 0.25) is 0 Å². The molecule has 0 aliphatic rings. The first-order chi connectivity index (χ1) is 17.9. The summed E-state index contributed by atoms with van der Waals surface area (Å²) < 4.78 is 5.39. The fourth-order valence-corrected chi connectivity index (χ4v) is 3.87. The summed E-state index contributed by atoms with van der Waals surface area (Å²) in [5.74, 6) is -0.599. The summed E-state index contributed by atoms with van der Waals surface area (Å²) in [5.41, 5.74) is 2.52. The Morgan fingerprint density at radius 3 is 2.51 bits per heavy atom. The molecule has 3 N–H and O–H groups in total. The van der Waals surface area contributed by atoms with Gasteiger partial charge in [-0.1, -0.05) is 43.3 Å². The van der Waals surface area contributed by atoms with Crippen molar-refractivity contribution in [3.63, 3.8) is 0 Å². The maximum atomic E-state index is 13.1. The number of hydrogen-bond acceptors (Lipinski definition) is 6. The average Bonchev–Trinajstić information content (AvgIpc) is 2.90. The molecule has 0 bridgehead atoms. The summed E-state index contributed by atoms with van der Waals surface area (Å²) >= 11 is 0. The van der Waals surface area contributed by atoms with Crippen LogP contribution >= 0.6 is 0 Å². The molecule has 4 aromatic carbocycles. The van der Waals surface area contributed by atoms with Crippen molar-refractivity contribution in [2.75, 3.05) is 19.0 Å². The van der Waals surface area contributed by atoms with E-state index in [1.54, 1.807) is 36.4 Å². The van der Waals surface area contributed by atoms with Gasteiger partial charge in [-0.2, -0.15) is 0 Å². The predicted octanol–water partition coefficient (Wildman–Crippen LogP) is 6.67. The number of amides is 2. The number of benzene rings is 4. The van der Waals surface area contributed by atoms with E-state index in [9.17, 15) is 14.7 Å². The Morgan fingerprint density at radius 1 is 0.946 bits per heavy atom. The normalized spacial score (nSPS) is 11.0. The monoisotopic (exact) mass is 496 g/mol. The number of phenolic OH excluding ortho intramolecular Hbond substituents is 1. The van der Waals surface area contributed by atoms with Gasteiger partial charge in [0.1, 0.15) is 17.1 Å². The van der Waals surface area contributed by atoms with Crippen LogP contribution in [0.25, 0.3) is 10.8 Å². The molecule has 0 unspecified atom stereocenters. The van der Waals surface area contributed by atoms with E-state index >= 15 is 0 Å². The lowest BCUT2D eigenvalue weighted by molar-refractivity contribution is 0.0952. The molecule has 0 spiro atoms. The lowest BCUT2D eigenvalue weighted by atomic mass is 10.0. The number of phenols is 1. The van der Waals surface area contributed by atoms with Crippen LogP contribution in [0, 0.1) is 6.92 Å². The number of fused-ring (bicyclic) bond motifs is 1. The summed E-state index contributed by atoms with van der Waals surface area (Å²) in [6.07, 6.45) is 0.814. The minimum Gasteiger partial charge on any atom is -0.505 e. The van der Waals surface area contributed by atoms with Gasteiger partial charge in [0.15, 0.2) is 5.75 Å². The Bertz CT molecular complexity index is 1500. The molecule has 0 atom stereocenters. The number of nitrogens with zero attached hydrogens (tertiary/aromatic N) is 2. The molecular weight excluding hydrogens is 468 g/mol. The van der Waals surface area contributed by atoms with E-state index in [0.29, 0.717) is 40.0 Å². The van der Waals surface area contributed by atoms with Crippen molar-refractivity contribution in [3.8, 4) is 11.5 Å². The average molecular weight is 497 g/mol. The van der Waals surface area contributed by atoms with Crippen LogP contribution in [0.4, 0.5) is 17.1 Å². The number of azo groups is 1. The number of anilines is 1. The molecule has 2 amide bonds. The molecule has 188 valence electrons. The van der Waals surface area contributed by atoms with Gasteiger partial charge < -0.3 is 20.5 Å². The van der Waals surface area contributed by atoms with E-state index in [0.717, 1.165) is 12.0 Å². The van der Waals surface area contributed by atoms with Crippen molar-refractivity contribution in [2.24, 2.45) is 10.2 Å². The van der Waals surface area contributed by atoms with Crippen LogP contribution in [-0.2, 0) is 0 Å². The van der Waals surface area contributed by atoms with Crippen molar-refractivity contribution >= 4 is 39.6 Å². The largest absolute Gasteiger partial charge is 0.505 e. The highest BCUT2D eigenvalue weighted by Gasteiger charge is 2.19. The summed E-state index contributed by atoms with van der Waals surface area (Å²) in [7, 11) is 1.49. The fourth-order valence-electron chi connectivity index (χ4n) is 3.87. The number of carbonyl (C=O) groups is 2. The summed E-state index contributed by atoms with van der Waals surface area (Å²) in [6.45, 7) is 4.46. The van der Waals surface area contributed by atoms with Crippen molar-refractivity contribution in [2.45, 2.75) is 20.3 Å². The minimum atomic E-state index is -0.475. The van der Waals surface area contributed by atoms with E-state index in [1.165, 1.54) is 7.11 Å². The molecule has 4 aromatic rings. The number of carbonyl (C=O) groups excluding carboxylic acids is 2. The van der Waals surface area contributed by atoms with Gasteiger partial charge in [-0.25, -0.2) is 0 Å². The van der Waals surface area contributed by atoms with Crippen LogP contribution in [0.15, 0.2) is 83.0 Å². The Labute approximate surface area is 215 Å². The van der Waals surface area contributed by atoms with Gasteiger partial charge >= 0.3 is 0 Å². The molecule has 37 heavy (non-hydrogen) atoms. The molecule has 8 nitrogen and oxygen atoms in total. The molecule has 4 rings (SSSR count). The van der Waals surface area contributed by atoms with E-state index in [4.69, 9.17) is 4.74 Å². The lowest BCUT2D eigenvalue weighted by Gasteiger charge is -2.12. The molecule has 0 heterocycles. The zero-order chi connectivity index (χ0) is 26.4. The Kier molecular flexibility index (Phi) is 7.78. The standard InChI is InChI=1S/C29H28N4O4/c1-4-14-30-28(35)20-12-13-25(37-3)24(17-20)32-33-26-22-11-6-5-9-19(22)16-23(27(26)34)29(36)31-21-10-7-8-18(2)15-21/h5-13,15-17,34H,4,14H2,1-3H3,(H,30,35)(H,31,36)/b33-32+. The first kappa shape index (κ1) is 25.4. The van der Waals surface area contributed by atoms with Gasteiger partial charge in [0.05, 0.1) is 12.7 Å². The van der Waals surface area contributed by atoms with Crippen LogP contribution in [0.1, 0.15) is 39.6 Å². The van der Waals surface area contributed by atoms with Crippen molar-refractivity contribution in [1.82, 2.24) is 5.32 Å². The van der Waals surface area contributed by atoms with E-state index in [1.807, 2.05) is 50.2 Å². The van der Waals surface area contributed by atoms with Gasteiger partial charge in [0.25, 0.3) is 11.8 Å². The van der Waals surface area contributed by atoms with Gasteiger partial charge in [0, 0.05) is 23.2 Å². The van der Waals surface area contributed by atoms with E-state index in [2.05, 4.69) is 20.9 Å². The maximum absolute atomic E-state index is 13.1. The van der Waals surface area contributed by atoms with Gasteiger partial charge in [-0.3, -0.25) is 9.59 Å². The highest BCUT2D eigenvalue weighted by Crippen LogP contribution is 2.40. The summed E-state index contributed by atoms with van der Waals surface area (Å²) in [6, 6.07) is 21.1. The number of aryl methyl sites for hydroxylation is 1. The SMILES string of the molecule is CCCNC(=O)c1ccc(OC)c(/N=N/c2c(O)c(C(=O)Nc3cccc(C)c3)cc3ccccc23)c1. The van der Waals surface area contributed by atoms with Crippen molar-refractivity contribution in [1.29, 1.82) is 0 Å². The minimum absolute atomic E-state index is 0.0637. The third kappa shape index (κ3) is 5.75. The summed E-state index contributed by atoms with van der Waals surface area (Å²) in [5, 5.41) is 26.7. The van der Waals surface area contributed by atoms with Crippen LogP contribution in [-0.4, -0.2) is 30.6 Å². The molecule has 0 aromatic heterocycles. The molecule has 0 aliphatic carbocycles. The van der Waals surface area contributed by atoms with Gasteiger partial charge in [-0.15, -0.1) is 10.2 Å². The number of methoxy groups -OCH3 is 1. The van der Waals surface area contributed by atoms with Crippen molar-refractivity contribution in [3.05, 3.63) is 89.5 Å². The quantitative estimate of drug-likeness (QED) is 0.236. The topological polar surface area (TPSA) is 112 Å². The predicted molar refractivity (Wildman–Crippen MR) is 145 cm³/mol. The molecule has 0 saturated heterocycles. The Balaban J connectivity index is 1.75. The number of rotatable bonds is 8. The Hall–Kier alpha value is -4.72. The second-order valence-electron chi connectivity index (χ2n) is 8.51. The molecule has 8 heteroatoms. The number of aromatic hydroxyl groups is 1. The molecule has 0 radical (unpaired) electrons. The summed E-state index contributed by atoms with van der Waals surface area (Å²) in [4.78, 5) is 25.6. The first-order valence-corrected chi connectivity index (χ1v) is 11.9. The molecule has 0 aliphatic heterocycles. The highest BCUT2D eigenvalue weighted by atomic mass is 16.5. The fraction of sp³-hybridized carbons (Fsp3) is 0.172. The smallest absolute Gasteiger partial charge is 0.259 e. The van der Waals surface area contributed by atoms with Crippen LogP contribution in [0.3, 0.4) is 0 Å². The number of nitrogens with one attached hydrogen (secondary N) is 2. The third-order valence-electron chi connectivity index (χ3n) is 5.75. The van der Waals surface area contributed by atoms with Crippen LogP contribution < -0.4 is 15.4 Å². The van der Waals surface area contributed by atoms with Gasteiger partial charge in [0.2, 0.25) is 0 Å². The highest BCUT2D eigenvalue weighted by molar-refractivity contribution is 6.11. The second kappa shape index (κ2) is 11.3. The van der Waals surface area contributed by atoms with E-state index < -0.39 is 5.91 Å². The third-order valence-corrected chi connectivity index (χ3v) is 5.75. The first-order valence-electron chi connectivity index (χ1n) is 11.9.